The number of carbonyl (C=O) groups is 1. The van der Waals surface area contributed by atoms with Gasteiger partial charge in [-0.2, -0.15) is 8.78 Å². The van der Waals surface area contributed by atoms with Gasteiger partial charge in [-0.1, -0.05) is 6.07 Å². The van der Waals surface area contributed by atoms with Crippen LogP contribution < -0.4 is 16.0 Å². The van der Waals surface area contributed by atoms with Crippen molar-refractivity contribution >= 4 is 11.6 Å². The number of rotatable bonds is 4. The summed E-state index contributed by atoms with van der Waals surface area (Å²) in [6, 6.07) is 2.34. The van der Waals surface area contributed by atoms with Crippen LogP contribution >= 0.6 is 0 Å². The Labute approximate surface area is 97.4 Å². The van der Waals surface area contributed by atoms with Crippen molar-refractivity contribution in [2.24, 2.45) is 5.84 Å². The predicted molar refractivity (Wildman–Crippen MR) is 51.0 cm³/mol. The van der Waals surface area contributed by atoms with E-state index in [-0.39, 0.29) is 0 Å². The second-order valence-electron chi connectivity index (χ2n) is 2.94. The second kappa shape index (κ2) is 4.87. The number of ether oxygens (including phenoxy) is 1. The Morgan fingerprint density at radius 2 is 2.11 bits per heavy atom. The number of halogens is 3. The summed E-state index contributed by atoms with van der Waals surface area (Å²) in [5.74, 6) is -0.368. The molecule has 0 unspecified atom stereocenters. The third-order valence-electron chi connectivity index (χ3n) is 1.77. The van der Waals surface area contributed by atoms with Crippen molar-refractivity contribution in [1.29, 1.82) is 0 Å². The minimum absolute atomic E-state index is 0.665. The standard InChI is InChI=1S/C8H6F3N3O4/c9-4-2-1-3-5(14(16)17)6(4)18-8(10,11)7(15)13-12/h1-3H,12H2,(H,13,15). The zero-order chi connectivity index (χ0) is 13.9. The van der Waals surface area contributed by atoms with Crippen LogP contribution in [0.5, 0.6) is 5.75 Å². The third kappa shape index (κ3) is 2.66. The van der Waals surface area contributed by atoms with E-state index in [9.17, 15) is 28.1 Å². The molecule has 0 saturated carbocycles. The first-order chi connectivity index (χ1) is 8.29. The average Bonchev–Trinajstić information content (AvgIpc) is 2.30. The molecule has 0 aromatic heterocycles. The number of amides is 1. The van der Waals surface area contributed by atoms with E-state index < -0.39 is 34.2 Å². The quantitative estimate of drug-likeness (QED) is 0.360. The molecule has 98 valence electrons. The van der Waals surface area contributed by atoms with Gasteiger partial charge in [-0.05, 0) is 6.07 Å². The fourth-order valence-corrected chi connectivity index (χ4v) is 1.00. The Morgan fingerprint density at radius 3 is 2.61 bits per heavy atom. The summed E-state index contributed by atoms with van der Waals surface area (Å²) < 4.78 is 43.0. The molecule has 0 aliphatic rings. The summed E-state index contributed by atoms with van der Waals surface area (Å²) in [6.45, 7) is 0. The zero-order valence-corrected chi connectivity index (χ0v) is 8.52. The molecule has 1 aromatic rings. The van der Waals surface area contributed by atoms with E-state index in [2.05, 4.69) is 10.6 Å². The molecule has 0 aliphatic heterocycles. The van der Waals surface area contributed by atoms with Crippen LogP contribution in [0.4, 0.5) is 18.9 Å². The molecule has 0 spiro atoms. The fourth-order valence-electron chi connectivity index (χ4n) is 1.00. The van der Waals surface area contributed by atoms with Gasteiger partial charge in [-0.3, -0.25) is 20.3 Å². The molecule has 1 rings (SSSR count). The van der Waals surface area contributed by atoms with Crippen LogP contribution in [0.3, 0.4) is 0 Å². The topological polar surface area (TPSA) is 107 Å². The van der Waals surface area contributed by atoms with E-state index in [0.717, 1.165) is 17.6 Å². The summed E-state index contributed by atoms with van der Waals surface area (Å²) in [5, 5.41) is 10.5. The Morgan fingerprint density at radius 1 is 1.50 bits per heavy atom. The van der Waals surface area contributed by atoms with Crippen molar-refractivity contribution < 1.29 is 27.6 Å². The molecule has 0 aliphatic carbocycles. The van der Waals surface area contributed by atoms with Gasteiger partial charge in [0.25, 0.3) is 0 Å². The molecule has 0 radical (unpaired) electrons. The van der Waals surface area contributed by atoms with Crippen LogP contribution in [-0.2, 0) is 4.79 Å². The molecule has 0 bridgehead atoms. The lowest BCUT2D eigenvalue weighted by Crippen LogP contribution is -2.47. The van der Waals surface area contributed by atoms with Gasteiger partial charge in [0.05, 0.1) is 4.92 Å². The van der Waals surface area contributed by atoms with Crippen molar-refractivity contribution in [3.05, 3.63) is 34.1 Å². The monoisotopic (exact) mass is 265 g/mol. The average molecular weight is 265 g/mol. The van der Waals surface area contributed by atoms with Gasteiger partial charge in [-0.15, -0.1) is 0 Å². The van der Waals surface area contributed by atoms with Gasteiger partial charge in [0.2, 0.25) is 5.75 Å². The first-order valence-electron chi connectivity index (χ1n) is 4.30. The van der Waals surface area contributed by atoms with E-state index in [1.807, 2.05) is 0 Å². The minimum Gasteiger partial charge on any atom is -0.415 e. The number of carbonyl (C=O) groups excluding carboxylic acids is 1. The van der Waals surface area contributed by atoms with Crippen molar-refractivity contribution in [2.45, 2.75) is 6.11 Å². The first kappa shape index (κ1) is 13.7. The van der Waals surface area contributed by atoms with Crippen molar-refractivity contribution in [1.82, 2.24) is 5.43 Å². The molecular formula is C8H6F3N3O4. The second-order valence-corrected chi connectivity index (χ2v) is 2.94. The number of hydrogen-bond donors (Lipinski definition) is 2. The third-order valence-corrected chi connectivity index (χ3v) is 1.77. The van der Waals surface area contributed by atoms with Crippen LogP contribution in [0.15, 0.2) is 18.2 Å². The van der Waals surface area contributed by atoms with Gasteiger partial charge in [-0.25, -0.2) is 10.2 Å². The Bertz CT molecular complexity index is 494. The Hall–Kier alpha value is -2.36. The Balaban J connectivity index is 3.18. The number of nitrogens with two attached hydrogens (primary N) is 1. The number of nitro benzene ring substituents is 1. The smallest absolute Gasteiger partial charge is 0.415 e. The molecule has 1 amide bonds. The lowest BCUT2D eigenvalue weighted by Gasteiger charge is -2.15. The molecular weight excluding hydrogens is 259 g/mol. The number of benzene rings is 1. The maximum atomic E-state index is 13.2. The van der Waals surface area contributed by atoms with Gasteiger partial charge in [0, 0.05) is 6.07 Å². The summed E-state index contributed by atoms with van der Waals surface area (Å²) in [7, 11) is 0. The number of nitrogens with one attached hydrogen (secondary N) is 1. The highest BCUT2D eigenvalue weighted by molar-refractivity contribution is 5.81. The summed E-state index contributed by atoms with van der Waals surface area (Å²) in [5.41, 5.74) is 0.0453. The molecule has 7 nitrogen and oxygen atoms in total. The lowest BCUT2D eigenvalue weighted by atomic mass is 10.3. The SMILES string of the molecule is NNC(=O)C(F)(F)Oc1c(F)cccc1[N+](=O)[O-]. The van der Waals surface area contributed by atoms with Crippen LogP contribution in [0.25, 0.3) is 0 Å². The normalized spacial score (nSPS) is 10.9. The van der Waals surface area contributed by atoms with Crippen LogP contribution in [0.1, 0.15) is 0 Å². The van der Waals surface area contributed by atoms with E-state index in [1.54, 1.807) is 0 Å². The number of nitrogens with zero attached hydrogens (tertiary/aromatic N) is 1. The van der Waals surface area contributed by atoms with Gasteiger partial charge >= 0.3 is 17.7 Å². The van der Waals surface area contributed by atoms with E-state index >= 15 is 0 Å². The maximum Gasteiger partial charge on any atom is 0.484 e. The molecule has 3 N–H and O–H groups in total. The molecule has 0 saturated heterocycles. The van der Waals surface area contributed by atoms with Crippen molar-refractivity contribution in [2.75, 3.05) is 0 Å². The van der Waals surface area contributed by atoms with Crippen molar-refractivity contribution in [3.63, 3.8) is 0 Å². The largest absolute Gasteiger partial charge is 0.484 e. The highest BCUT2D eigenvalue weighted by atomic mass is 19.3. The molecule has 10 heteroatoms. The van der Waals surface area contributed by atoms with Crippen LogP contribution in [0, 0.1) is 15.9 Å². The highest BCUT2D eigenvalue weighted by Gasteiger charge is 2.44. The van der Waals surface area contributed by atoms with Crippen molar-refractivity contribution in [3.8, 4) is 5.75 Å². The number of para-hydroxylation sites is 1. The molecule has 0 atom stereocenters. The fraction of sp³-hybridized carbons (Fsp3) is 0.125. The molecule has 18 heavy (non-hydrogen) atoms. The van der Waals surface area contributed by atoms with Crippen LogP contribution in [0.2, 0.25) is 0 Å². The molecule has 0 heterocycles. The number of nitro groups is 1. The first-order valence-corrected chi connectivity index (χ1v) is 4.30. The van der Waals surface area contributed by atoms with Crippen LogP contribution in [-0.4, -0.2) is 16.9 Å². The summed E-state index contributed by atoms with van der Waals surface area (Å²) in [4.78, 5) is 20.0. The van der Waals surface area contributed by atoms with Gasteiger partial charge in [0.15, 0.2) is 5.82 Å². The highest BCUT2D eigenvalue weighted by Crippen LogP contribution is 2.33. The number of alkyl halides is 2. The summed E-state index contributed by atoms with van der Waals surface area (Å²) >= 11 is 0. The maximum absolute atomic E-state index is 13.2. The zero-order valence-electron chi connectivity index (χ0n) is 8.52. The molecule has 0 fully saturated rings. The van der Waals surface area contributed by atoms with Gasteiger partial charge in [0.1, 0.15) is 0 Å². The molecule has 1 aromatic carbocycles. The predicted octanol–water partition coefficient (Wildman–Crippen LogP) is 0.695. The van der Waals surface area contributed by atoms with E-state index in [4.69, 9.17) is 0 Å². The Kier molecular flexibility index (Phi) is 3.71. The number of hydrazine groups is 1. The minimum atomic E-state index is -4.54. The summed E-state index contributed by atoms with van der Waals surface area (Å²) in [6.07, 6.45) is -4.54. The van der Waals surface area contributed by atoms with E-state index in [0.29, 0.717) is 6.07 Å². The van der Waals surface area contributed by atoms with E-state index in [1.165, 1.54) is 0 Å². The number of hydrogen-bond acceptors (Lipinski definition) is 5. The lowest BCUT2D eigenvalue weighted by molar-refractivity contribution is -0.387. The van der Waals surface area contributed by atoms with Gasteiger partial charge < -0.3 is 4.74 Å².